The number of rotatable bonds is 0. The molecule has 2 rings (SSSR count). The predicted octanol–water partition coefficient (Wildman–Crippen LogP) is 4.46. The van der Waals surface area contributed by atoms with Gasteiger partial charge < -0.3 is 0 Å². The Kier molecular flexibility index (Phi) is 2.62. The first-order valence-electron chi connectivity index (χ1n) is 4.24. The highest BCUT2D eigenvalue weighted by molar-refractivity contribution is 14.1. The van der Waals surface area contributed by atoms with Crippen molar-refractivity contribution in [3.63, 3.8) is 0 Å². The molecule has 0 heterocycles. The fourth-order valence-corrected chi connectivity index (χ4v) is 2.43. The molecule has 2 aromatic carbocycles. The maximum Gasteiger partial charge on any atom is 0.417 e. The van der Waals surface area contributed by atoms with Crippen molar-refractivity contribution in [2.45, 2.75) is 6.18 Å². The fourth-order valence-electron chi connectivity index (χ4n) is 1.45. The normalized spacial score (nSPS) is 12.0. The third kappa shape index (κ3) is 1.95. The number of alkyl halides is 3. The summed E-state index contributed by atoms with van der Waals surface area (Å²) in [5.74, 6) is 0. The van der Waals surface area contributed by atoms with Crippen LogP contribution >= 0.6 is 22.6 Å². The van der Waals surface area contributed by atoms with E-state index in [1.165, 1.54) is 6.07 Å². The molecule has 0 radical (unpaired) electrons. The summed E-state index contributed by atoms with van der Waals surface area (Å²) in [6.07, 6.45) is -4.28. The third-order valence-corrected chi connectivity index (χ3v) is 3.33. The quantitative estimate of drug-likeness (QED) is 0.628. The van der Waals surface area contributed by atoms with E-state index in [2.05, 4.69) is 0 Å². The van der Waals surface area contributed by atoms with Crippen molar-refractivity contribution in [2.75, 3.05) is 0 Å². The van der Waals surface area contributed by atoms with Crippen LogP contribution in [-0.2, 0) is 6.18 Å². The number of halogens is 4. The van der Waals surface area contributed by atoms with Crippen LogP contribution in [0, 0.1) is 3.57 Å². The van der Waals surface area contributed by atoms with Gasteiger partial charge in [0.05, 0.1) is 5.56 Å². The Morgan fingerprint density at radius 1 is 0.933 bits per heavy atom. The van der Waals surface area contributed by atoms with Crippen LogP contribution in [-0.4, -0.2) is 0 Å². The molecule has 0 bridgehead atoms. The Labute approximate surface area is 98.2 Å². The highest BCUT2D eigenvalue weighted by atomic mass is 127. The lowest BCUT2D eigenvalue weighted by atomic mass is 10.1. The van der Waals surface area contributed by atoms with E-state index in [-0.39, 0.29) is 3.57 Å². The van der Waals surface area contributed by atoms with E-state index >= 15 is 0 Å². The third-order valence-electron chi connectivity index (χ3n) is 2.17. The van der Waals surface area contributed by atoms with Crippen LogP contribution in [0.25, 0.3) is 10.8 Å². The zero-order chi connectivity index (χ0) is 11.1. The maximum absolute atomic E-state index is 12.6. The van der Waals surface area contributed by atoms with Gasteiger partial charge >= 0.3 is 6.18 Å². The van der Waals surface area contributed by atoms with Gasteiger partial charge in [0.15, 0.2) is 0 Å². The first-order chi connectivity index (χ1) is 7.00. The molecule has 0 atom stereocenters. The van der Waals surface area contributed by atoms with Gasteiger partial charge in [0.1, 0.15) is 0 Å². The van der Waals surface area contributed by atoms with Gasteiger partial charge in [0, 0.05) is 3.57 Å². The van der Waals surface area contributed by atoms with Crippen LogP contribution < -0.4 is 0 Å². The number of hydrogen-bond acceptors (Lipinski definition) is 0. The SMILES string of the molecule is FC(F)(F)c1ccc2ccccc2c1I. The second-order valence-corrected chi connectivity index (χ2v) is 4.22. The van der Waals surface area contributed by atoms with E-state index < -0.39 is 11.7 Å². The zero-order valence-corrected chi connectivity index (χ0v) is 9.63. The van der Waals surface area contributed by atoms with Crippen LogP contribution in [0.5, 0.6) is 0 Å². The summed E-state index contributed by atoms with van der Waals surface area (Å²) in [6.45, 7) is 0. The Morgan fingerprint density at radius 2 is 1.60 bits per heavy atom. The van der Waals surface area contributed by atoms with Crippen molar-refractivity contribution in [1.82, 2.24) is 0 Å². The van der Waals surface area contributed by atoms with Gasteiger partial charge in [-0.2, -0.15) is 13.2 Å². The smallest absolute Gasteiger partial charge is 0.166 e. The minimum absolute atomic E-state index is 0.262. The molecule has 0 aliphatic rings. The molecule has 0 spiro atoms. The molecule has 0 saturated heterocycles. The highest BCUT2D eigenvalue weighted by Gasteiger charge is 2.33. The van der Waals surface area contributed by atoms with Gasteiger partial charge in [-0.25, -0.2) is 0 Å². The molecule has 0 unspecified atom stereocenters. The van der Waals surface area contributed by atoms with Crippen LogP contribution in [0.2, 0.25) is 0 Å². The van der Waals surface area contributed by atoms with Gasteiger partial charge in [-0.1, -0.05) is 30.3 Å². The average molecular weight is 322 g/mol. The molecule has 15 heavy (non-hydrogen) atoms. The molecular formula is C11H6F3I. The van der Waals surface area contributed by atoms with Gasteiger partial charge in [-0.05, 0) is 39.4 Å². The summed E-state index contributed by atoms with van der Waals surface area (Å²) >= 11 is 1.74. The molecule has 0 fully saturated rings. The zero-order valence-electron chi connectivity index (χ0n) is 7.48. The van der Waals surface area contributed by atoms with Crippen molar-refractivity contribution < 1.29 is 13.2 Å². The fraction of sp³-hybridized carbons (Fsp3) is 0.0909. The number of fused-ring (bicyclic) bond motifs is 1. The van der Waals surface area contributed by atoms with Crippen molar-refractivity contribution in [2.24, 2.45) is 0 Å². The number of hydrogen-bond donors (Lipinski definition) is 0. The lowest BCUT2D eigenvalue weighted by Crippen LogP contribution is -2.07. The molecule has 0 aromatic heterocycles. The molecule has 0 N–H and O–H groups in total. The Hall–Kier alpha value is -0.780. The molecular weight excluding hydrogens is 316 g/mol. The molecule has 4 heteroatoms. The lowest BCUT2D eigenvalue weighted by Gasteiger charge is -2.10. The Morgan fingerprint density at radius 3 is 2.27 bits per heavy atom. The van der Waals surface area contributed by atoms with E-state index in [4.69, 9.17) is 0 Å². The summed E-state index contributed by atoms with van der Waals surface area (Å²) in [7, 11) is 0. The van der Waals surface area contributed by atoms with Gasteiger partial charge in [0.2, 0.25) is 0 Å². The van der Waals surface area contributed by atoms with Crippen molar-refractivity contribution >= 4 is 33.4 Å². The van der Waals surface area contributed by atoms with Crippen LogP contribution in [0.4, 0.5) is 13.2 Å². The summed E-state index contributed by atoms with van der Waals surface area (Å²) in [6, 6.07) is 9.69. The molecule has 0 saturated carbocycles. The molecule has 78 valence electrons. The van der Waals surface area contributed by atoms with E-state index in [9.17, 15) is 13.2 Å². The van der Waals surface area contributed by atoms with Crippen molar-refractivity contribution in [1.29, 1.82) is 0 Å². The van der Waals surface area contributed by atoms with E-state index in [1.54, 1.807) is 40.8 Å². The maximum atomic E-state index is 12.6. The standard InChI is InChI=1S/C11H6F3I/c12-11(13,14)9-6-5-7-3-1-2-4-8(7)10(9)15/h1-6H. The van der Waals surface area contributed by atoms with Crippen LogP contribution in [0.15, 0.2) is 36.4 Å². The monoisotopic (exact) mass is 322 g/mol. The Balaban J connectivity index is 2.76. The molecule has 2 aromatic rings. The van der Waals surface area contributed by atoms with Crippen LogP contribution in [0.3, 0.4) is 0 Å². The number of benzene rings is 2. The average Bonchev–Trinajstić information content (AvgIpc) is 2.16. The summed E-state index contributed by atoms with van der Waals surface area (Å²) in [4.78, 5) is 0. The minimum atomic E-state index is -4.28. The van der Waals surface area contributed by atoms with Gasteiger partial charge in [0.25, 0.3) is 0 Å². The van der Waals surface area contributed by atoms with Gasteiger partial charge in [-0.3, -0.25) is 0 Å². The highest BCUT2D eigenvalue weighted by Crippen LogP contribution is 2.36. The molecule has 0 amide bonds. The second-order valence-electron chi connectivity index (χ2n) is 3.15. The summed E-state index contributed by atoms with van der Waals surface area (Å²) in [5.41, 5.74) is -0.568. The molecule has 0 nitrogen and oxygen atoms in total. The lowest BCUT2D eigenvalue weighted by molar-refractivity contribution is -0.138. The van der Waals surface area contributed by atoms with Crippen molar-refractivity contribution in [3.8, 4) is 0 Å². The van der Waals surface area contributed by atoms with Gasteiger partial charge in [-0.15, -0.1) is 0 Å². The first-order valence-corrected chi connectivity index (χ1v) is 5.32. The second kappa shape index (κ2) is 3.66. The summed E-state index contributed by atoms with van der Waals surface area (Å²) in [5, 5.41) is 1.47. The largest absolute Gasteiger partial charge is 0.417 e. The Bertz CT molecular complexity index is 503. The first kappa shape index (κ1) is 10.7. The van der Waals surface area contributed by atoms with E-state index in [0.717, 1.165) is 11.5 Å². The molecule has 0 aliphatic carbocycles. The van der Waals surface area contributed by atoms with Crippen molar-refractivity contribution in [3.05, 3.63) is 45.5 Å². The minimum Gasteiger partial charge on any atom is -0.166 e. The van der Waals surface area contributed by atoms with E-state index in [1.807, 2.05) is 6.07 Å². The summed E-state index contributed by atoms with van der Waals surface area (Å²) < 4.78 is 38.0. The van der Waals surface area contributed by atoms with Crippen LogP contribution in [0.1, 0.15) is 5.56 Å². The predicted molar refractivity (Wildman–Crippen MR) is 61.7 cm³/mol. The molecule has 0 aliphatic heterocycles. The topological polar surface area (TPSA) is 0 Å². The van der Waals surface area contributed by atoms with E-state index in [0.29, 0.717) is 5.39 Å².